The summed E-state index contributed by atoms with van der Waals surface area (Å²) in [6.45, 7) is 3.70. The summed E-state index contributed by atoms with van der Waals surface area (Å²) in [4.78, 5) is 15.7. The van der Waals surface area contributed by atoms with E-state index in [2.05, 4.69) is 42.2 Å². The Morgan fingerprint density at radius 1 is 0.976 bits per heavy atom. The second-order valence-electron chi connectivity index (χ2n) is 10.8. The molecule has 0 amide bonds. The summed E-state index contributed by atoms with van der Waals surface area (Å²) in [6, 6.07) is 7.63. The van der Waals surface area contributed by atoms with E-state index in [1.165, 1.54) is 12.1 Å². The Morgan fingerprint density at radius 2 is 1.79 bits per heavy atom. The van der Waals surface area contributed by atoms with Gasteiger partial charge in [-0.1, -0.05) is 18.2 Å². The molecule has 0 saturated carbocycles. The number of hydrogen-bond acceptors (Lipinski definition) is 9. The number of aliphatic hydroxyl groups is 2. The van der Waals surface area contributed by atoms with Gasteiger partial charge in [0, 0.05) is 54.6 Å². The van der Waals surface area contributed by atoms with Gasteiger partial charge in [0.1, 0.15) is 29.9 Å². The average Bonchev–Trinajstić information content (AvgIpc) is 3.77. The molecule has 5 aromatic rings. The van der Waals surface area contributed by atoms with Crippen molar-refractivity contribution in [1.82, 2.24) is 34.3 Å². The van der Waals surface area contributed by atoms with Gasteiger partial charge in [-0.3, -0.25) is 4.68 Å². The van der Waals surface area contributed by atoms with Crippen LogP contribution in [0, 0.1) is 5.82 Å². The number of rotatable bonds is 6. The van der Waals surface area contributed by atoms with Crippen molar-refractivity contribution >= 4 is 17.0 Å². The highest BCUT2D eigenvalue weighted by atomic mass is 19.1. The molecule has 0 spiro atoms. The molecule has 11 nitrogen and oxygen atoms in total. The SMILES string of the molecule is CC(O)(c1ccc(F)cc1)c1cnc(N2CC=C(c3ncnn4cc(-c5cnn([C@@H]6COC[C@@H]6O)c5)cc34)CC2)nc1. The fourth-order valence-electron chi connectivity index (χ4n) is 5.53. The first-order chi connectivity index (χ1) is 20.4. The lowest BCUT2D eigenvalue weighted by atomic mass is 9.90. The predicted octanol–water partition coefficient (Wildman–Crippen LogP) is 3.00. The summed E-state index contributed by atoms with van der Waals surface area (Å²) in [5.74, 6) is 0.208. The summed E-state index contributed by atoms with van der Waals surface area (Å²) in [7, 11) is 0. The number of halogens is 1. The molecule has 2 aliphatic rings. The molecular weight excluding hydrogens is 539 g/mol. The molecule has 0 aliphatic carbocycles. The van der Waals surface area contributed by atoms with E-state index in [0.717, 1.165) is 34.3 Å². The van der Waals surface area contributed by atoms with Crippen LogP contribution in [0.1, 0.15) is 36.2 Å². The number of nitrogens with zero attached hydrogens (tertiary/aromatic N) is 8. The van der Waals surface area contributed by atoms with E-state index in [0.29, 0.717) is 43.4 Å². The lowest BCUT2D eigenvalue weighted by molar-refractivity contribution is 0.101. The van der Waals surface area contributed by atoms with E-state index >= 15 is 0 Å². The van der Waals surface area contributed by atoms with Gasteiger partial charge >= 0.3 is 0 Å². The Hall–Kier alpha value is -4.52. The van der Waals surface area contributed by atoms with Crippen LogP contribution in [-0.4, -0.2) is 77.0 Å². The van der Waals surface area contributed by atoms with Crippen molar-refractivity contribution in [3.8, 4) is 11.1 Å². The van der Waals surface area contributed by atoms with Crippen LogP contribution in [0.2, 0.25) is 0 Å². The van der Waals surface area contributed by atoms with Gasteiger partial charge in [0.05, 0.1) is 30.6 Å². The average molecular weight is 569 g/mol. The van der Waals surface area contributed by atoms with E-state index < -0.39 is 11.7 Å². The zero-order valence-corrected chi connectivity index (χ0v) is 22.9. The molecule has 0 radical (unpaired) electrons. The van der Waals surface area contributed by atoms with Crippen LogP contribution >= 0.6 is 0 Å². The molecule has 214 valence electrons. The Bertz CT molecular complexity index is 1760. The van der Waals surface area contributed by atoms with E-state index in [1.807, 2.05) is 16.9 Å². The molecule has 6 heterocycles. The van der Waals surface area contributed by atoms with Gasteiger partial charge in [-0.2, -0.15) is 10.2 Å². The van der Waals surface area contributed by atoms with Crippen LogP contribution in [0.5, 0.6) is 0 Å². The minimum Gasteiger partial charge on any atom is -0.388 e. The van der Waals surface area contributed by atoms with E-state index in [-0.39, 0.29) is 11.9 Å². The number of aromatic nitrogens is 7. The van der Waals surface area contributed by atoms with Crippen molar-refractivity contribution in [2.75, 3.05) is 31.2 Å². The van der Waals surface area contributed by atoms with Crippen LogP contribution in [0.3, 0.4) is 0 Å². The van der Waals surface area contributed by atoms with Crippen LogP contribution in [0.25, 0.3) is 22.2 Å². The van der Waals surface area contributed by atoms with Crippen LogP contribution in [0.4, 0.5) is 10.3 Å². The lowest BCUT2D eigenvalue weighted by Gasteiger charge is -2.28. The second-order valence-corrected chi connectivity index (χ2v) is 10.8. The first-order valence-electron chi connectivity index (χ1n) is 13.8. The second kappa shape index (κ2) is 10.4. The molecule has 1 aromatic carbocycles. The number of fused-ring (bicyclic) bond motifs is 1. The third-order valence-electron chi connectivity index (χ3n) is 8.10. The van der Waals surface area contributed by atoms with E-state index in [9.17, 15) is 14.6 Å². The number of hydrogen-bond donors (Lipinski definition) is 2. The maximum atomic E-state index is 13.3. The fourth-order valence-corrected chi connectivity index (χ4v) is 5.53. The zero-order valence-electron chi connectivity index (χ0n) is 22.9. The van der Waals surface area contributed by atoms with Crippen LogP contribution in [0.15, 0.2) is 73.7 Å². The molecule has 12 heteroatoms. The minimum absolute atomic E-state index is 0.190. The molecule has 7 rings (SSSR count). The van der Waals surface area contributed by atoms with Crippen LogP contribution in [-0.2, 0) is 10.3 Å². The summed E-state index contributed by atoms with van der Waals surface area (Å²) in [5, 5.41) is 30.1. The zero-order chi connectivity index (χ0) is 28.8. The van der Waals surface area contributed by atoms with Crippen LogP contribution < -0.4 is 4.90 Å². The van der Waals surface area contributed by atoms with Gasteiger partial charge < -0.3 is 19.8 Å². The predicted molar refractivity (Wildman–Crippen MR) is 152 cm³/mol. The molecular formula is C30H29FN8O3. The molecule has 0 bridgehead atoms. The maximum Gasteiger partial charge on any atom is 0.225 e. The topological polar surface area (TPSA) is 127 Å². The molecule has 1 fully saturated rings. The highest BCUT2D eigenvalue weighted by Gasteiger charge is 2.29. The number of ether oxygens (including phenoxy) is 1. The smallest absolute Gasteiger partial charge is 0.225 e. The number of anilines is 1. The van der Waals surface area contributed by atoms with Gasteiger partial charge in [0.2, 0.25) is 5.95 Å². The van der Waals surface area contributed by atoms with Gasteiger partial charge in [0.25, 0.3) is 0 Å². The van der Waals surface area contributed by atoms with Gasteiger partial charge in [-0.05, 0) is 42.7 Å². The van der Waals surface area contributed by atoms with E-state index in [1.54, 1.807) is 48.7 Å². The molecule has 1 unspecified atom stereocenters. The summed E-state index contributed by atoms with van der Waals surface area (Å²) >= 11 is 0. The Labute approximate surface area is 240 Å². The first kappa shape index (κ1) is 26.4. The van der Waals surface area contributed by atoms with Crippen molar-refractivity contribution in [3.05, 3.63) is 96.4 Å². The number of aliphatic hydroxyl groups excluding tert-OH is 1. The monoisotopic (exact) mass is 568 g/mol. The maximum absolute atomic E-state index is 13.3. The Balaban J connectivity index is 1.09. The molecule has 4 aromatic heterocycles. The van der Waals surface area contributed by atoms with Crippen molar-refractivity contribution in [2.45, 2.75) is 31.1 Å². The molecule has 42 heavy (non-hydrogen) atoms. The van der Waals surface area contributed by atoms with Crippen molar-refractivity contribution in [1.29, 1.82) is 0 Å². The molecule has 1 saturated heterocycles. The van der Waals surface area contributed by atoms with E-state index in [4.69, 9.17) is 4.74 Å². The molecule has 2 aliphatic heterocycles. The van der Waals surface area contributed by atoms with Crippen molar-refractivity contribution in [2.24, 2.45) is 0 Å². The lowest BCUT2D eigenvalue weighted by Crippen LogP contribution is -2.30. The van der Waals surface area contributed by atoms with Gasteiger partial charge in [-0.15, -0.1) is 0 Å². The third-order valence-corrected chi connectivity index (χ3v) is 8.10. The molecule has 3 atom stereocenters. The normalized spacial score (nSPS) is 20.6. The fraction of sp³-hybridized carbons (Fsp3) is 0.300. The van der Waals surface area contributed by atoms with Gasteiger partial charge in [-0.25, -0.2) is 23.9 Å². The summed E-state index contributed by atoms with van der Waals surface area (Å²) < 4.78 is 22.3. The highest BCUT2D eigenvalue weighted by molar-refractivity contribution is 5.80. The molecule has 2 N–H and O–H groups in total. The summed E-state index contributed by atoms with van der Waals surface area (Å²) in [5.41, 5.74) is 4.50. The number of benzene rings is 1. The standard InChI is InChI=1S/C30H29FN8O3/c1-30(41,22-2-4-24(31)5-3-22)23-12-32-29(33-13-23)37-8-6-19(7-9-37)28-25-10-20(14-38(25)36-18-34-28)21-11-35-39(15-21)26-16-42-17-27(26)40/h2-6,10-15,18,26-27,40-41H,7-9,16-17H2,1H3/t26-,27+,30?/m1/s1. The Kier molecular flexibility index (Phi) is 6.53. The minimum atomic E-state index is -1.35. The third kappa shape index (κ3) is 4.73. The highest BCUT2D eigenvalue weighted by Crippen LogP contribution is 2.32. The van der Waals surface area contributed by atoms with Crippen molar-refractivity contribution < 1.29 is 19.3 Å². The largest absolute Gasteiger partial charge is 0.388 e. The van der Waals surface area contributed by atoms with Crippen molar-refractivity contribution in [3.63, 3.8) is 0 Å². The summed E-state index contributed by atoms with van der Waals surface area (Å²) in [6.07, 6.45) is 12.8. The quantitative estimate of drug-likeness (QED) is 0.318. The first-order valence-corrected chi connectivity index (χ1v) is 13.8. The Morgan fingerprint density at radius 3 is 2.50 bits per heavy atom. The van der Waals surface area contributed by atoms with Gasteiger partial charge in [0.15, 0.2) is 0 Å².